The monoisotopic (exact) mass is 177 g/mol. The lowest BCUT2D eigenvalue weighted by molar-refractivity contribution is 0.0683. The van der Waals surface area contributed by atoms with Gasteiger partial charge in [-0.2, -0.15) is 0 Å². The maximum Gasteiger partial charge on any atom is 0.357 e. The van der Waals surface area contributed by atoms with Crippen molar-refractivity contribution in [1.82, 2.24) is 4.98 Å². The van der Waals surface area contributed by atoms with Gasteiger partial charge in [0.2, 0.25) is 0 Å². The SMILES string of the molecule is O=C(O)c1ncc(F)c(F)c1F. The van der Waals surface area contributed by atoms with Gasteiger partial charge in [0.1, 0.15) is 0 Å². The van der Waals surface area contributed by atoms with Crippen molar-refractivity contribution in [2.45, 2.75) is 0 Å². The molecule has 64 valence electrons. The van der Waals surface area contributed by atoms with Crippen LogP contribution < -0.4 is 0 Å². The Hall–Kier alpha value is -1.59. The highest BCUT2D eigenvalue weighted by molar-refractivity contribution is 5.85. The van der Waals surface area contributed by atoms with Crippen LogP contribution in [0.2, 0.25) is 0 Å². The van der Waals surface area contributed by atoms with E-state index in [1.54, 1.807) is 0 Å². The highest BCUT2D eigenvalue weighted by Gasteiger charge is 2.19. The van der Waals surface area contributed by atoms with Crippen molar-refractivity contribution in [2.24, 2.45) is 0 Å². The zero-order valence-corrected chi connectivity index (χ0v) is 5.51. The fourth-order valence-corrected chi connectivity index (χ4v) is 0.592. The zero-order chi connectivity index (χ0) is 9.30. The quantitative estimate of drug-likeness (QED) is 0.701. The molecule has 0 aliphatic carbocycles. The molecular formula is C6H2F3NO2. The van der Waals surface area contributed by atoms with Gasteiger partial charge in [0.05, 0.1) is 6.20 Å². The van der Waals surface area contributed by atoms with Gasteiger partial charge in [-0.3, -0.25) is 0 Å². The lowest BCUT2D eigenvalue weighted by atomic mass is 10.3. The van der Waals surface area contributed by atoms with Gasteiger partial charge in [-0.25, -0.2) is 22.9 Å². The molecule has 6 heteroatoms. The van der Waals surface area contributed by atoms with Crippen LogP contribution in [0.1, 0.15) is 10.5 Å². The molecule has 1 rings (SSSR count). The van der Waals surface area contributed by atoms with E-state index in [0.717, 1.165) is 0 Å². The summed E-state index contributed by atoms with van der Waals surface area (Å²) in [7, 11) is 0. The molecule has 0 fully saturated rings. The molecule has 0 bridgehead atoms. The zero-order valence-electron chi connectivity index (χ0n) is 5.51. The number of hydrogen-bond donors (Lipinski definition) is 1. The van der Waals surface area contributed by atoms with E-state index in [2.05, 4.69) is 4.98 Å². The van der Waals surface area contributed by atoms with Crippen LogP contribution in [0.3, 0.4) is 0 Å². The van der Waals surface area contributed by atoms with Gasteiger partial charge in [-0.1, -0.05) is 0 Å². The first-order valence-corrected chi connectivity index (χ1v) is 2.77. The van der Waals surface area contributed by atoms with Gasteiger partial charge in [0.25, 0.3) is 0 Å². The Morgan fingerprint density at radius 3 is 2.42 bits per heavy atom. The maximum absolute atomic E-state index is 12.5. The Morgan fingerprint density at radius 2 is 1.92 bits per heavy atom. The summed E-state index contributed by atoms with van der Waals surface area (Å²) < 4.78 is 36.9. The number of carbonyl (C=O) groups is 1. The number of pyridine rings is 1. The largest absolute Gasteiger partial charge is 0.476 e. The average molecular weight is 177 g/mol. The van der Waals surface area contributed by atoms with Crippen molar-refractivity contribution in [3.63, 3.8) is 0 Å². The minimum atomic E-state index is -1.83. The number of halogens is 3. The number of aromatic nitrogens is 1. The summed E-state index contributed by atoms with van der Waals surface area (Å²) in [6, 6.07) is 0. The standard InChI is InChI=1S/C6H2F3NO2/c7-2-1-10-5(6(11)12)4(9)3(2)8/h1H,(H,11,12). The summed E-state index contributed by atoms with van der Waals surface area (Å²) in [6.45, 7) is 0. The molecule has 0 saturated carbocycles. The van der Waals surface area contributed by atoms with Crippen molar-refractivity contribution in [3.05, 3.63) is 29.3 Å². The second-order valence-corrected chi connectivity index (χ2v) is 1.89. The fourth-order valence-electron chi connectivity index (χ4n) is 0.592. The summed E-state index contributed by atoms with van der Waals surface area (Å²) >= 11 is 0. The predicted octanol–water partition coefficient (Wildman–Crippen LogP) is 1.20. The van der Waals surface area contributed by atoms with E-state index in [1.165, 1.54) is 0 Å². The lowest BCUT2D eigenvalue weighted by Crippen LogP contribution is -2.07. The van der Waals surface area contributed by atoms with Crippen LogP contribution in [0.5, 0.6) is 0 Å². The Balaban J connectivity index is 3.36. The molecule has 0 aromatic carbocycles. The lowest BCUT2D eigenvalue weighted by Gasteiger charge is -1.97. The predicted molar refractivity (Wildman–Crippen MR) is 31.1 cm³/mol. The number of carboxylic acid groups (broad SMARTS) is 1. The third kappa shape index (κ3) is 1.23. The molecule has 12 heavy (non-hydrogen) atoms. The van der Waals surface area contributed by atoms with Gasteiger partial charge in [-0.05, 0) is 0 Å². The Labute approximate surface area is 64.5 Å². The molecule has 1 heterocycles. The summed E-state index contributed by atoms with van der Waals surface area (Å²) in [4.78, 5) is 12.9. The van der Waals surface area contributed by atoms with E-state index in [4.69, 9.17) is 5.11 Å². The Bertz CT molecular complexity index is 340. The first kappa shape index (κ1) is 8.51. The van der Waals surface area contributed by atoms with Gasteiger partial charge in [0.15, 0.2) is 23.1 Å². The van der Waals surface area contributed by atoms with Crippen LogP contribution in [-0.4, -0.2) is 16.1 Å². The highest BCUT2D eigenvalue weighted by atomic mass is 19.2. The number of hydrogen-bond acceptors (Lipinski definition) is 2. The Kier molecular flexibility index (Phi) is 1.99. The maximum atomic E-state index is 12.5. The van der Waals surface area contributed by atoms with Gasteiger partial charge in [0, 0.05) is 0 Å². The van der Waals surface area contributed by atoms with Crippen molar-refractivity contribution < 1.29 is 23.1 Å². The van der Waals surface area contributed by atoms with Gasteiger partial charge < -0.3 is 5.11 Å². The molecule has 0 unspecified atom stereocenters. The van der Waals surface area contributed by atoms with Crippen LogP contribution in [0.15, 0.2) is 6.20 Å². The second kappa shape index (κ2) is 2.80. The molecule has 0 radical (unpaired) electrons. The first-order chi connectivity index (χ1) is 5.54. The minimum absolute atomic E-state index is 0.307. The van der Waals surface area contributed by atoms with Crippen molar-refractivity contribution in [1.29, 1.82) is 0 Å². The molecule has 1 aromatic rings. The van der Waals surface area contributed by atoms with Crippen LogP contribution in [0, 0.1) is 17.5 Å². The van der Waals surface area contributed by atoms with E-state index in [-0.39, 0.29) is 0 Å². The second-order valence-electron chi connectivity index (χ2n) is 1.89. The van der Waals surface area contributed by atoms with Crippen molar-refractivity contribution in [2.75, 3.05) is 0 Å². The topological polar surface area (TPSA) is 50.2 Å². The third-order valence-corrected chi connectivity index (χ3v) is 1.12. The molecule has 1 N–H and O–H groups in total. The van der Waals surface area contributed by atoms with E-state index in [9.17, 15) is 18.0 Å². The smallest absolute Gasteiger partial charge is 0.357 e. The molecule has 0 saturated heterocycles. The van der Waals surface area contributed by atoms with Gasteiger partial charge in [-0.15, -0.1) is 0 Å². The molecule has 0 aliphatic rings. The van der Waals surface area contributed by atoms with E-state index >= 15 is 0 Å². The molecule has 0 spiro atoms. The summed E-state index contributed by atoms with van der Waals surface area (Å²) in [6.07, 6.45) is 0.307. The van der Waals surface area contributed by atoms with Crippen LogP contribution in [-0.2, 0) is 0 Å². The molecule has 3 nitrogen and oxygen atoms in total. The van der Waals surface area contributed by atoms with E-state index < -0.39 is 29.1 Å². The number of rotatable bonds is 1. The van der Waals surface area contributed by atoms with E-state index in [1.807, 2.05) is 0 Å². The fraction of sp³-hybridized carbons (Fsp3) is 0. The van der Waals surface area contributed by atoms with Crippen LogP contribution in [0.25, 0.3) is 0 Å². The van der Waals surface area contributed by atoms with Crippen LogP contribution in [0.4, 0.5) is 13.2 Å². The van der Waals surface area contributed by atoms with Crippen molar-refractivity contribution >= 4 is 5.97 Å². The van der Waals surface area contributed by atoms with Gasteiger partial charge >= 0.3 is 5.97 Å². The van der Waals surface area contributed by atoms with E-state index in [0.29, 0.717) is 6.20 Å². The molecule has 0 amide bonds. The first-order valence-electron chi connectivity index (χ1n) is 2.77. The normalized spacial score (nSPS) is 9.92. The molecule has 0 aliphatic heterocycles. The summed E-state index contributed by atoms with van der Waals surface area (Å²) in [5.41, 5.74) is -1.13. The highest BCUT2D eigenvalue weighted by Crippen LogP contribution is 2.11. The molecular weight excluding hydrogens is 175 g/mol. The van der Waals surface area contributed by atoms with Crippen LogP contribution >= 0.6 is 0 Å². The summed E-state index contributed by atoms with van der Waals surface area (Å²) in [5.74, 6) is -6.88. The number of aromatic carboxylic acids is 1. The minimum Gasteiger partial charge on any atom is -0.476 e. The number of carboxylic acids is 1. The van der Waals surface area contributed by atoms with Crippen molar-refractivity contribution in [3.8, 4) is 0 Å². The summed E-state index contributed by atoms with van der Waals surface area (Å²) in [5, 5.41) is 8.19. The molecule has 0 atom stereocenters. The third-order valence-electron chi connectivity index (χ3n) is 1.12. The average Bonchev–Trinajstić information content (AvgIpc) is 2.00. The number of nitrogens with zero attached hydrogens (tertiary/aromatic N) is 1. The Morgan fingerprint density at radius 1 is 1.33 bits per heavy atom. The molecule has 1 aromatic heterocycles.